The van der Waals surface area contributed by atoms with Crippen molar-refractivity contribution in [3.8, 4) is 0 Å². The van der Waals surface area contributed by atoms with Crippen molar-refractivity contribution in [3.63, 3.8) is 0 Å². The van der Waals surface area contributed by atoms with Crippen LogP contribution < -0.4 is 5.32 Å². The van der Waals surface area contributed by atoms with Crippen LogP contribution >= 0.6 is 0 Å². The monoisotopic (exact) mass is 314 g/mol. The van der Waals surface area contributed by atoms with Crippen molar-refractivity contribution in [1.29, 1.82) is 0 Å². The average molecular weight is 314 g/mol. The topological polar surface area (TPSA) is 88.4 Å². The third-order valence-corrected chi connectivity index (χ3v) is 3.27. The number of amides is 1. The molecule has 0 saturated carbocycles. The van der Waals surface area contributed by atoms with Crippen molar-refractivity contribution in [3.05, 3.63) is 63.8 Å². The molecular formula is C16H18N4O3. The van der Waals surface area contributed by atoms with E-state index in [0.717, 1.165) is 5.56 Å². The molecule has 0 aliphatic carbocycles. The number of hydrogen-bond donors (Lipinski definition) is 1. The molecule has 0 atom stereocenters. The zero-order valence-electron chi connectivity index (χ0n) is 13.0. The van der Waals surface area contributed by atoms with Crippen molar-refractivity contribution in [2.24, 2.45) is 0 Å². The van der Waals surface area contributed by atoms with Gasteiger partial charge in [0, 0.05) is 38.5 Å². The normalized spacial score (nSPS) is 10.2. The number of carbonyl (C=O) groups is 1. The molecular weight excluding hydrogens is 296 g/mol. The molecule has 7 nitrogen and oxygen atoms in total. The average Bonchev–Trinajstić information content (AvgIpc) is 2.54. The van der Waals surface area contributed by atoms with Crippen LogP contribution in [0.3, 0.4) is 0 Å². The molecule has 0 fully saturated rings. The highest BCUT2D eigenvalue weighted by Crippen LogP contribution is 2.20. The van der Waals surface area contributed by atoms with Crippen LogP contribution in [0.1, 0.15) is 15.9 Å². The van der Waals surface area contributed by atoms with Gasteiger partial charge in [0.25, 0.3) is 5.91 Å². The third-order valence-electron chi connectivity index (χ3n) is 3.27. The Hall–Kier alpha value is -2.96. The Morgan fingerprint density at radius 2 is 2.09 bits per heavy atom. The first-order valence-corrected chi connectivity index (χ1v) is 7.13. The van der Waals surface area contributed by atoms with Crippen molar-refractivity contribution in [1.82, 2.24) is 9.88 Å². The quantitative estimate of drug-likeness (QED) is 0.653. The summed E-state index contributed by atoms with van der Waals surface area (Å²) in [6, 6.07) is 10.3. The number of hydrogen-bond acceptors (Lipinski definition) is 5. The van der Waals surface area contributed by atoms with E-state index in [9.17, 15) is 14.9 Å². The van der Waals surface area contributed by atoms with Gasteiger partial charge in [0.05, 0.1) is 4.92 Å². The van der Waals surface area contributed by atoms with E-state index in [1.807, 2.05) is 18.2 Å². The Morgan fingerprint density at radius 1 is 1.30 bits per heavy atom. The molecule has 0 saturated heterocycles. The van der Waals surface area contributed by atoms with Crippen molar-refractivity contribution in [2.45, 2.75) is 6.42 Å². The molecule has 0 aliphatic heterocycles. The molecule has 1 heterocycles. The van der Waals surface area contributed by atoms with Crippen LogP contribution in [0.25, 0.3) is 0 Å². The van der Waals surface area contributed by atoms with E-state index in [2.05, 4.69) is 10.3 Å². The molecule has 120 valence electrons. The van der Waals surface area contributed by atoms with Gasteiger partial charge in [-0.2, -0.15) is 0 Å². The van der Waals surface area contributed by atoms with Gasteiger partial charge in [-0.15, -0.1) is 0 Å². The lowest BCUT2D eigenvalue weighted by Gasteiger charge is -2.11. The summed E-state index contributed by atoms with van der Waals surface area (Å²) >= 11 is 0. The van der Waals surface area contributed by atoms with Gasteiger partial charge in [-0.25, -0.2) is 4.98 Å². The minimum absolute atomic E-state index is 0.0518. The highest BCUT2D eigenvalue weighted by atomic mass is 16.6. The Balaban J connectivity index is 2.01. The lowest BCUT2D eigenvalue weighted by Crippen LogP contribution is -2.21. The highest BCUT2D eigenvalue weighted by Gasteiger charge is 2.13. The maximum absolute atomic E-state index is 11.9. The van der Waals surface area contributed by atoms with E-state index >= 15 is 0 Å². The molecule has 1 amide bonds. The summed E-state index contributed by atoms with van der Waals surface area (Å²) in [5.74, 6) is 0.193. The minimum Gasteiger partial charge on any atom is -0.364 e. The maximum atomic E-state index is 11.9. The second-order valence-electron chi connectivity index (χ2n) is 5.20. The minimum atomic E-state index is -0.467. The number of aromatic nitrogens is 1. The molecule has 23 heavy (non-hydrogen) atoms. The maximum Gasteiger partial charge on any atom is 0.311 e. The first kappa shape index (κ1) is 16.4. The summed E-state index contributed by atoms with van der Waals surface area (Å²) in [6.45, 7) is 0.484. The number of pyridine rings is 1. The summed E-state index contributed by atoms with van der Waals surface area (Å²) in [5, 5.41) is 13.9. The number of carbonyl (C=O) groups excluding carboxylic acids is 1. The van der Waals surface area contributed by atoms with E-state index in [-0.39, 0.29) is 17.4 Å². The number of benzene rings is 1. The molecule has 0 unspecified atom stereocenters. The van der Waals surface area contributed by atoms with Gasteiger partial charge in [-0.3, -0.25) is 14.9 Å². The van der Waals surface area contributed by atoms with Gasteiger partial charge < -0.3 is 10.2 Å². The molecule has 1 N–H and O–H groups in total. The standard InChI is InChI=1S/C16H18N4O3/c1-19(2)16(21)13-6-3-5-12(11-13)8-10-18-15-14(20(22)23)7-4-9-17-15/h3-7,9,11H,8,10H2,1-2H3,(H,17,18). The first-order chi connectivity index (χ1) is 11.0. The Bertz CT molecular complexity index is 716. The largest absolute Gasteiger partial charge is 0.364 e. The first-order valence-electron chi connectivity index (χ1n) is 7.13. The number of anilines is 1. The van der Waals surface area contributed by atoms with Gasteiger partial charge in [0.15, 0.2) is 0 Å². The fourth-order valence-corrected chi connectivity index (χ4v) is 2.12. The number of rotatable bonds is 6. The summed E-state index contributed by atoms with van der Waals surface area (Å²) in [6.07, 6.45) is 2.13. The molecule has 0 aliphatic rings. The van der Waals surface area contributed by atoms with Crippen LogP contribution in [0.15, 0.2) is 42.6 Å². The third kappa shape index (κ3) is 4.26. The van der Waals surface area contributed by atoms with Crippen LogP contribution in [0.2, 0.25) is 0 Å². The SMILES string of the molecule is CN(C)C(=O)c1cccc(CCNc2ncccc2[N+](=O)[O-])c1. The van der Waals surface area contributed by atoms with Crippen LogP contribution in [0, 0.1) is 10.1 Å². The van der Waals surface area contributed by atoms with E-state index < -0.39 is 4.92 Å². The van der Waals surface area contributed by atoms with E-state index in [1.54, 1.807) is 20.2 Å². The molecule has 2 rings (SSSR count). The van der Waals surface area contributed by atoms with Gasteiger partial charge in [0.2, 0.25) is 5.82 Å². The van der Waals surface area contributed by atoms with Crippen LogP contribution in [-0.2, 0) is 6.42 Å². The number of nitro groups is 1. The lowest BCUT2D eigenvalue weighted by atomic mass is 10.1. The van der Waals surface area contributed by atoms with Gasteiger partial charge >= 0.3 is 5.69 Å². The molecule has 2 aromatic rings. The Kier molecular flexibility index (Phi) is 5.24. The second-order valence-corrected chi connectivity index (χ2v) is 5.20. The summed E-state index contributed by atoms with van der Waals surface area (Å²) in [5.41, 5.74) is 1.55. The molecule has 0 spiro atoms. The summed E-state index contributed by atoms with van der Waals surface area (Å²) < 4.78 is 0. The Labute approximate surface area is 134 Å². The fraction of sp³-hybridized carbons (Fsp3) is 0.250. The summed E-state index contributed by atoms with van der Waals surface area (Å²) in [7, 11) is 3.41. The smallest absolute Gasteiger partial charge is 0.311 e. The van der Waals surface area contributed by atoms with Crippen molar-refractivity contribution < 1.29 is 9.72 Å². The number of nitrogens with one attached hydrogen (secondary N) is 1. The molecule has 7 heteroatoms. The molecule has 1 aromatic carbocycles. The summed E-state index contributed by atoms with van der Waals surface area (Å²) in [4.78, 5) is 27.9. The van der Waals surface area contributed by atoms with Crippen molar-refractivity contribution >= 4 is 17.4 Å². The van der Waals surface area contributed by atoms with Crippen molar-refractivity contribution in [2.75, 3.05) is 26.0 Å². The van der Waals surface area contributed by atoms with E-state index in [1.165, 1.54) is 23.2 Å². The Morgan fingerprint density at radius 3 is 2.78 bits per heavy atom. The molecule has 1 aromatic heterocycles. The van der Waals surface area contributed by atoms with Crippen LogP contribution in [0.4, 0.5) is 11.5 Å². The molecule has 0 radical (unpaired) electrons. The highest BCUT2D eigenvalue weighted by molar-refractivity contribution is 5.94. The zero-order valence-corrected chi connectivity index (χ0v) is 13.0. The predicted octanol–water partition coefficient (Wildman–Crippen LogP) is 2.35. The van der Waals surface area contributed by atoms with Crippen LogP contribution in [-0.4, -0.2) is 41.4 Å². The van der Waals surface area contributed by atoms with E-state index in [4.69, 9.17) is 0 Å². The fourth-order valence-electron chi connectivity index (χ4n) is 2.12. The molecule has 0 bridgehead atoms. The van der Waals surface area contributed by atoms with Gasteiger partial charge in [0.1, 0.15) is 0 Å². The van der Waals surface area contributed by atoms with Crippen LogP contribution in [0.5, 0.6) is 0 Å². The zero-order chi connectivity index (χ0) is 16.8. The predicted molar refractivity (Wildman–Crippen MR) is 87.5 cm³/mol. The lowest BCUT2D eigenvalue weighted by molar-refractivity contribution is -0.384. The van der Waals surface area contributed by atoms with Gasteiger partial charge in [-0.05, 0) is 30.2 Å². The second kappa shape index (κ2) is 7.35. The van der Waals surface area contributed by atoms with E-state index in [0.29, 0.717) is 18.5 Å². The number of nitrogens with zero attached hydrogens (tertiary/aromatic N) is 3. The van der Waals surface area contributed by atoms with Gasteiger partial charge in [-0.1, -0.05) is 12.1 Å².